The number of hydrogen-bond acceptors (Lipinski definition) is 11. The summed E-state index contributed by atoms with van der Waals surface area (Å²) in [5.74, 6) is -3.71. The van der Waals surface area contributed by atoms with E-state index in [1.807, 2.05) is 0 Å². The molecule has 0 saturated carbocycles. The van der Waals surface area contributed by atoms with Crippen molar-refractivity contribution in [3.05, 3.63) is 0 Å². The highest BCUT2D eigenvalue weighted by atomic mass is 16.7. The number of carbonyl (C=O) groups is 5. The zero-order valence-corrected chi connectivity index (χ0v) is 15.6. The molecule has 0 aliphatic carbocycles. The lowest BCUT2D eigenvalue weighted by molar-refractivity contribution is -0.300. The van der Waals surface area contributed by atoms with Crippen molar-refractivity contribution in [3.63, 3.8) is 0 Å². The fourth-order valence-corrected chi connectivity index (χ4v) is 2.45. The van der Waals surface area contributed by atoms with Crippen LogP contribution in [0.5, 0.6) is 0 Å². The molecule has 27 heavy (non-hydrogen) atoms. The summed E-state index contributed by atoms with van der Waals surface area (Å²) in [6, 6.07) is 0. The van der Waals surface area contributed by atoms with Crippen LogP contribution < -0.4 is 0 Å². The van der Waals surface area contributed by atoms with Crippen molar-refractivity contribution in [2.75, 3.05) is 6.61 Å². The SMILES string of the molecule is CC(=O)OC[C@H]1O[C@@H](OC(C)=O)[C@H](OC(C)=O)[C@H](OC(C)=O)[C@@H]1OC(C)=O. The summed E-state index contributed by atoms with van der Waals surface area (Å²) in [4.78, 5) is 57.0. The van der Waals surface area contributed by atoms with Crippen LogP contribution in [0.15, 0.2) is 0 Å². The monoisotopic (exact) mass is 390 g/mol. The molecule has 11 heteroatoms. The van der Waals surface area contributed by atoms with Gasteiger partial charge in [0.25, 0.3) is 0 Å². The van der Waals surface area contributed by atoms with Gasteiger partial charge in [-0.1, -0.05) is 0 Å². The van der Waals surface area contributed by atoms with Crippen LogP contribution in [-0.2, 0) is 52.4 Å². The highest BCUT2D eigenvalue weighted by Gasteiger charge is 2.53. The molecule has 152 valence electrons. The normalized spacial score (nSPS) is 27.1. The average Bonchev–Trinajstić information content (AvgIpc) is 2.49. The molecule has 0 bridgehead atoms. The zero-order valence-electron chi connectivity index (χ0n) is 15.6. The number of ether oxygens (including phenoxy) is 6. The first-order chi connectivity index (χ1) is 12.5. The molecular formula is C16H22O11. The Morgan fingerprint density at radius 1 is 0.630 bits per heavy atom. The third-order valence-corrected chi connectivity index (χ3v) is 3.23. The van der Waals surface area contributed by atoms with Gasteiger partial charge in [-0.2, -0.15) is 0 Å². The Hall–Kier alpha value is -2.69. The number of esters is 5. The first kappa shape index (κ1) is 22.4. The lowest BCUT2D eigenvalue weighted by Gasteiger charge is -2.43. The summed E-state index contributed by atoms with van der Waals surface area (Å²) < 4.78 is 30.8. The molecule has 1 saturated heterocycles. The first-order valence-corrected chi connectivity index (χ1v) is 7.99. The summed E-state index contributed by atoms with van der Waals surface area (Å²) in [6.45, 7) is 5.13. The van der Waals surface area contributed by atoms with E-state index in [2.05, 4.69) is 0 Å². The van der Waals surface area contributed by atoms with Crippen molar-refractivity contribution in [2.24, 2.45) is 0 Å². The largest absolute Gasteiger partial charge is 0.463 e. The van der Waals surface area contributed by atoms with Gasteiger partial charge in [-0.15, -0.1) is 0 Å². The quantitative estimate of drug-likeness (QED) is 0.433. The van der Waals surface area contributed by atoms with Gasteiger partial charge in [0.2, 0.25) is 12.4 Å². The maximum atomic E-state index is 11.5. The lowest BCUT2D eigenvalue weighted by atomic mass is 9.98. The molecule has 1 rings (SSSR count). The third-order valence-electron chi connectivity index (χ3n) is 3.23. The van der Waals surface area contributed by atoms with Crippen LogP contribution in [0.25, 0.3) is 0 Å². The van der Waals surface area contributed by atoms with Crippen LogP contribution in [0.1, 0.15) is 34.6 Å². The molecule has 0 amide bonds. The van der Waals surface area contributed by atoms with Crippen LogP contribution in [-0.4, -0.2) is 67.2 Å². The van der Waals surface area contributed by atoms with E-state index in [0.717, 1.165) is 34.6 Å². The molecule has 0 spiro atoms. The number of hydrogen-bond donors (Lipinski definition) is 0. The zero-order chi connectivity index (χ0) is 20.7. The topological polar surface area (TPSA) is 141 Å². The predicted molar refractivity (Wildman–Crippen MR) is 83.7 cm³/mol. The first-order valence-electron chi connectivity index (χ1n) is 7.99. The van der Waals surface area contributed by atoms with Crippen molar-refractivity contribution in [1.29, 1.82) is 0 Å². The molecule has 11 nitrogen and oxygen atoms in total. The molecule has 0 aromatic carbocycles. The second-order valence-corrected chi connectivity index (χ2v) is 5.68. The molecule has 1 fully saturated rings. The Labute approximate surface area is 155 Å². The lowest BCUT2D eigenvalue weighted by Crippen LogP contribution is -2.63. The van der Waals surface area contributed by atoms with E-state index in [0.29, 0.717) is 0 Å². The minimum Gasteiger partial charge on any atom is -0.463 e. The molecule has 0 aromatic heterocycles. The molecule has 0 aromatic rings. The van der Waals surface area contributed by atoms with Crippen LogP contribution in [0.4, 0.5) is 0 Å². The van der Waals surface area contributed by atoms with E-state index in [9.17, 15) is 24.0 Å². The van der Waals surface area contributed by atoms with Crippen LogP contribution in [0.3, 0.4) is 0 Å². The Morgan fingerprint density at radius 3 is 1.52 bits per heavy atom. The van der Waals surface area contributed by atoms with Crippen LogP contribution in [0.2, 0.25) is 0 Å². The second-order valence-electron chi connectivity index (χ2n) is 5.68. The number of rotatable bonds is 6. The smallest absolute Gasteiger partial charge is 0.305 e. The number of carbonyl (C=O) groups excluding carboxylic acids is 5. The molecule has 1 heterocycles. The van der Waals surface area contributed by atoms with Gasteiger partial charge in [0, 0.05) is 34.6 Å². The molecule has 0 unspecified atom stereocenters. The maximum absolute atomic E-state index is 11.5. The maximum Gasteiger partial charge on any atom is 0.305 e. The van der Waals surface area contributed by atoms with Crippen molar-refractivity contribution in [3.8, 4) is 0 Å². The van der Waals surface area contributed by atoms with Gasteiger partial charge in [0.1, 0.15) is 12.7 Å². The van der Waals surface area contributed by atoms with Gasteiger partial charge in [-0.05, 0) is 0 Å². The van der Waals surface area contributed by atoms with Gasteiger partial charge in [-0.3, -0.25) is 24.0 Å². The van der Waals surface area contributed by atoms with Crippen molar-refractivity contribution >= 4 is 29.8 Å². The van der Waals surface area contributed by atoms with E-state index in [4.69, 9.17) is 28.4 Å². The molecule has 1 aliphatic rings. The minimum atomic E-state index is -1.48. The van der Waals surface area contributed by atoms with E-state index >= 15 is 0 Å². The van der Waals surface area contributed by atoms with Crippen molar-refractivity contribution < 1.29 is 52.4 Å². The third kappa shape index (κ3) is 7.21. The van der Waals surface area contributed by atoms with Crippen molar-refractivity contribution in [2.45, 2.75) is 65.3 Å². The molecule has 5 atom stereocenters. The summed E-state index contributed by atoms with van der Waals surface area (Å²) in [7, 11) is 0. The van der Waals surface area contributed by atoms with Gasteiger partial charge in [0.05, 0.1) is 0 Å². The Morgan fingerprint density at radius 2 is 1.07 bits per heavy atom. The highest BCUT2D eigenvalue weighted by molar-refractivity contribution is 5.69. The fourth-order valence-electron chi connectivity index (χ4n) is 2.45. The van der Waals surface area contributed by atoms with Gasteiger partial charge >= 0.3 is 29.8 Å². The Kier molecular flexibility index (Phi) is 8.16. The molecular weight excluding hydrogens is 368 g/mol. The van der Waals surface area contributed by atoms with Gasteiger partial charge in [-0.25, -0.2) is 0 Å². The van der Waals surface area contributed by atoms with E-state index in [1.165, 1.54) is 0 Å². The van der Waals surface area contributed by atoms with Gasteiger partial charge in [0.15, 0.2) is 12.2 Å². The van der Waals surface area contributed by atoms with Gasteiger partial charge < -0.3 is 28.4 Å². The van der Waals surface area contributed by atoms with E-state index in [-0.39, 0.29) is 0 Å². The summed E-state index contributed by atoms with van der Waals surface area (Å²) >= 11 is 0. The van der Waals surface area contributed by atoms with Crippen LogP contribution in [0, 0.1) is 0 Å². The Bertz CT molecular complexity index is 599. The minimum absolute atomic E-state index is 0.393. The van der Waals surface area contributed by atoms with Crippen LogP contribution >= 0.6 is 0 Å². The summed E-state index contributed by atoms with van der Waals surface area (Å²) in [5.41, 5.74) is 0. The average molecular weight is 390 g/mol. The van der Waals surface area contributed by atoms with Crippen molar-refractivity contribution in [1.82, 2.24) is 0 Å². The Balaban J connectivity index is 3.29. The molecule has 0 N–H and O–H groups in total. The van der Waals surface area contributed by atoms with E-state index < -0.39 is 67.2 Å². The molecule has 1 aliphatic heterocycles. The highest BCUT2D eigenvalue weighted by Crippen LogP contribution is 2.29. The summed E-state index contributed by atoms with van der Waals surface area (Å²) in [6.07, 6.45) is -6.70. The fraction of sp³-hybridized carbons (Fsp3) is 0.688. The summed E-state index contributed by atoms with van der Waals surface area (Å²) in [5, 5.41) is 0. The second kappa shape index (κ2) is 9.86. The van der Waals surface area contributed by atoms with E-state index in [1.54, 1.807) is 0 Å². The molecule has 0 radical (unpaired) electrons. The standard InChI is InChI=1S/C16H22O11/c1-7(17)22-6-12-13(23-8(2)18)14(24-9(3)19)15(25-10(4)20)16(27-12)26-11(5)21/h12-16H,6H2,1-5H3/t12-,13-,14-,15-,16-/m1/s1. The predicted octanol–water partition coefficient (Wildman–Crippen LogP) is -0.367.